The smallest absolute Gasteiger partial charge is 0.225 e. The van der Waals surface area contributed by atoms with Crippen LogP contribution in [0.3, 0.4) is 0 Å². The fourth-order valence-electron chi connectivity index (χ4n) is 10.6. The molecule has 3 N–H and O–H groups in total. The first-order valence-electron chi connectivity index (χ1n) is 26.9. The molecule has 4 aromatic carbocycles. The van der Waals surface area contributed by atoms with E-state index in [1.807, 2.05) is 74.5 Å². The zero-order valence-electron chi connectivity index (χ0n) is 44.8. The Bertz CT molecular complexity index is 3770. The van der Waals surface area contributed by atoms with Crippen molar-refractivity contribution in [3.05, 3.63) is 150 Å². The van der Waals surface area contributed by atoms with Crippen LogP contribution in [0.4, 0.5) is 23.5 Å². The summed E-state index contributed by atoms with van der Waals surface area (Å²) in [6, 6.07) is 29.5. The van der Waals surface area contributed by atoms with Crippen molar-refractivity contribution in [1.82, 2.24) is 49.8 Å². The van der Waals surface area contributed by atoms with Gasteiger partial charge in [-0.3, -0.25) is 0 Å². The highest BCUT2D eigenvalue weighted by atomic mass is 32.1. The van der Waals surface area contributed by atoms with Gasteiger partial charge < -0.3 is 34.9 Å². The lowest BCUT2D eigenvalue weighted by molar-refractivity contribution is 0.145. The standard InChI is InChI=1S/C61H62N14O2S/c1-7-73-16-18-75(19-17-73)61-64-32-50(33-65-61)48-23-43(37(3)67-58-28-54(69-39(5)71-58)41-9-11-56-52(26-41)36(2)34-77-56)20-46(25-48)45-21-44(22-47(24-45)49-30-62-60(63-31-49)74-14-12-51(76)13-15-74)38(4)68-59-29-55(70-40(6)72-59)42-8-10-53-57(27-42)78-35-66-53/h8-11,20-35,37-38,51,76H,7,12-19H2,1-6H3,(H,67,69,71)(H,68,70,72)/t37-,38-/m0/s1. The maximum atomic E-state index is 10.2. The number of benzene rings is 4. The Labute approximate surface area is 457 Å². The van der Waals surface area contributed by atoms with Crippen LogP contribution in [-0.4, -0.2) is 107 Å². The van der Waals surface area contributed by atoms with Gasteiger partial charge in [0.25, 0.3) is 0 Å². The molecule has 0 amide bonds. The second-order valence-corrected chi connectivity index (χ2v) is 21.5. The quantitative estimate of drug-likeness (QED) is 0.0934. The molecule has 2 saturated heterocycles. The SMILES string of the molecule is CCN1CCN(c2ncc(-c3cc(-c4cc(-c5cnc(N6CCC(O)CC6)nc5)cc([C@H](C)Nc5cc(-c6ccc7ncsc7c6)nc(C)n5)c4)cc([C@H](C)Nc4cc(-c5ccc6occ(C)c6c5)nc(C)n4)c3)cn2)CC1. The predicted octanol–water partition coefficient (Wildman–Crippen LogP) is 11.9. The Morgan fingerprint density at radius 2 is 1.09 bits per heavy atom. The van der Waals surface area contributed by atoms with Crippen molar-refractivity contribution in [3.63, 3.8) is 0 Å². The number of nitrogens with zero attached hydrogens (tertiary/aromatic N) is 12. The topological polar surface area (TPSA) is 183 Å². The molecule has 78 heavy (non-hydrogen) atoms. The lowest BCUT2D eigenvalue weighted by atomic mass is 9.91. The van der Waals surface area contributed by atoms with E-state index in [-0.39, 0.29) is 18.2 Å². The number of nitrogens with one attached hydrogen (secondary N) is 2. The molecule has 17 heteroatoms. The average Bonchev–Trinajstić information content (AvgIpc) is 4.16. The highest BCUT2D eigenvalue weighted by molar-refractivity contribution is 7.16. The molecule has 16 nitrogen and oxygen atoms in total. The molecule has 2 fully saturated rings. The van der Waals surface area contributed by atoms with E-state index in [1.165, 1.54) is 0 Å². The Hall–Kier alpha value is -8.25. The Kier molecular flexibility index (Phi) is 14.0. The van der Waals surface area contributed by atoms with Gasteiger partial charge in [0.2, 0.25) is 11.9 Å². The molecule has 394 valence electrons. The predicted molar refractivity (Wildman–Crippen MR) is 312 cm³/mol. The molecule has 0 radical (unpaired) electrons. The lowest BCUT2D eigenvalue weighted by Gasteiger charge is -2.33. The summed E-state index contributed by atoms with van der Waals surface area (Å²) in [5.74, 6) is 4.19. The van der Waals surface area contributed by atoms with Gasteiger partial charge in [-0.2, -0.15) is 0 Å². The van der Waals surface area contributed by atoms with Gasteiger partial charge >= 0.3 is 0 Å². The number of anilines is 4. The van der Waals surface area contributed by atoms with Crippen LogP contribution >= 0.6 is 11.3 Å². The van der Waals surface area contributed by atoms with Gasteiger partial charge in [-0.15, -0.1) is 11.3 Å². The fraction of sp³-hybridized carbons (Fsp3) is 0.295. The molecule has 0 aliphatic carbocycles. The summed E-state index contributed by atoms with van der Waals surface area (Å²) in [5.41, 5.74) is 16.3. The Morgan fingerprint density at radius 1 is 0.577 bits per heavy atom. The summed E-state index contributed by atoms with van der Waals surface area (Å²) in [6.45, 7) is 18.7. The number of hydrogen-bond acceptors (Lipinski definition) is 17. The number of fused-ring (bicyclic) bond motifs is 2. The minimum atomic E-state index is -0.289. The molecule has 8 heterocycles. The average molecular weight is 1060 g/mol. The molecular weight excluding hydrogens is 993 g/mol. The molecule has 10 aromatic rings. The zero-order valence-corrected chi connectivity index (χ0v) is 45.6. The number of thiazole rings is 1. The van der Waals surface area contributed by atoms with Crippen molar-refractivity contribution in [2.24, 2.45) is 0 Å². The summed E-state index contributed by atoms with van der Waals surface area (Å²) in [5, 5.41) is 18.8. The molecule has 0 bridgehead atoms. The number of aryl methyl sites for hydroxylation is 3. The third-order valence-electron chi connectivity index (χ3n) is 15.1. The molecule has 2 atom stereocenters. The molecular formula is C61H62N14O2S. The van der Waals surface area contributed by atoms with Gasteiger partial charge in [-0.05, 0) is 160 Å². The molecule has 0 saturated carbocycles. The maximum absolute atomic E-state index is 10.2. The van der Waals surface area contributed by atoms with Crippen LogP contribution in [0.2, 0.25) is 0 Å². The molecule has 12 rings (SSSR count). The van der Waals surface area contributed by atoms with E-state index in [9.17, 15) is 5.11 Å². The minimum absolute atomic E-state index is 0.188. The molecule has 0 unspecified atom stereocenters. The van der Waals surface area contributed by atoms with E-state index in [2.05, 4.69) is 113 Å². The first-order chi connectivity index (χ1) is 37.9. The summed E-state index contributed by atoms with van der Waals surface area (Å²) >= 11 is 1.62. The molecule has 2 aliphatic rings. The van der Waals surface area contributed by atoms with Gasteiger partial charge in [0.1, 0.15) is 28.9 Å². The molecule has 0 spiro atoms. The summed E-state index contributed by atoms with van der Waals surface area (Å²) in [7, 11) is 0. The van der Waals surface area contributed by atoms with Crippen LogP contribution in [0.1, 0.15) is 74.0 Å². The third-order valence-corrected chi connectivity index (χ3v) is 15.9. The third kappa shape index (κ3) is 10.9. The van der Waals surface area contributed by atoms with Crippen molar-refractivity contribution in [2.45, 2.75) is 72.6 Å². The molecule has 2 aliphatic heterocycles. The Morgan fingerprint density at radius 3 is 1.64 bits per heavy atom. The van der Waals surface area contributed by atoms with Gasteiger partial charge in [-0.1, -0.05) is 13.0 Å². The van der Waals surface area contributed by atoms with E-state index >= 15 is 0 Å². The number of furan rings is 1. The minimum Gasteiger partial charge on any atom is -0.464 e. The number of piperazine rings is 1. The fourth-order valence-corrected chi connectivity index (χ4v) is 11.3. The summed E-state index contributed by atoms with van der Waals surface area (Å²) in [6.07, 6.45) is 10.6. The van der Waals surface area contributed by atoms with Crippen LogP contribution in [0.15, 0.2) is 126 Å². The van der Waals surface area contributed by atoms with E-state index in [1.54, 1.807) is 17.6 Å². The maximum Gasteiger partial charge on any atom is 0.225 e. The number of aliphatic hydroxyl groups is 1. The summed E-state index contributed by atoms with van der Waals surface area (Å²) < 4.78 is 6.87. The largest absolute Gasteiger partial charge is 0.464 e. The number of rotatable bonds is 14. The second kappa shape index (κ2) is 21.6. The monoisotopic (exact) mass is 1050 g/mol. The van der Waals surface area contributed by atoms with Gasteiger partial charge in [0.05, 0.1) is 39.5 Å². The van der Waals surface area contributed by atoms with Gasteiger partial charge in [0.15, 0.2) is 0 Å². The number of aromatic nitrogens is 9. The first-order valence-corrected chi connectivity index (χ1v) is 27.7. The normalized spacial score (nSPS) is 15.3. The highest BCUT2D eigenvalue weighted by Crippen LogP contribution is 2.38. The number of hydrogen-bond donors (Lipinski definition) is 3. The number of likely N-dealkylation sites (N-methyl/N-ethyl adjacent to an activating group) is 1. The van der Waals surface area contributed by atoms with Crippen LogP contribution in [0.5, 0.6) is 0 Å². The van der Waals surface area contributed by atoms with Crippen LogP contribution in [0, 0.1) is 20.8 Å². The number of piperidine rings is 1. The number of aliphatic hydroxyl groups excluding tert-OH is 1. The first kappa shape index (κ1) is 50.6. The van der Waals surface area contributed by atoms with Gasteiger partial charge in [0, 0.05) is 116 Å². The van der Waals surface area contributed by atoms with E-state index in [0.29, 0.717) is 43.5 Å². The van der Waals surface area contributed by atoms with Crippen molar-refractivity contribution in [3.8, 4) is 55.9 Å². The summed E-state index contributed by atoms with van der Waals surface area (Å²) in [4.78, 5) is 50.6. The van der Waals surface area contributed by atoms with Crippen molar-refractivity contribution in [1.29, 1.82) is 0 Å². The Balaban J connectivity index is 0.928. The zero-order chi connectivity index (χ0) is 53.4. The van der Waals surface area contributed by atoms with E-state index in [0.717, 1.165) is 144 Å². The van der Waals surface area contributed by atoms with Crippen LogP contribution in [0.25, 0.3) is 77.1 Å². The van der Waals surface area contributed by atoms with Crippen molar-refractivity contribution in [2.75, 3.05) is 66.2 Å². The molecule has 6 aromatic heterocycles. The van der Waals surface area contributed by atoms with Gasteiger partial charge in [-0.25, -0.2) is 44.9 Å². The highest BCUT2D eigenvalue weighted by Gasteiger charge is 2.22. The van der Waals surface area contributed by atoms with E-state index in [4.69, 9.17) is 44.3 Å². The van der Waals surface area contributed by atoms with E-state index < -0.39 is 0 Å². The second-order valence-electron chi connectivity index (χ2n) is 20.6. The van der Waals surface area contributed by atoms with Crippen LogP contribution < -0.4 is 20.4 Å². The van der Waals surface area contributed by atoms with Crippen molar-refractivity contribution < 1.29 is 9.52 Å². The van der Waals surface area contributed by atoms with Crippen LogP contribution in [-0.2, 0) is 0 Å². The lowest BCUT2D eigenvalue weighted by Crippen LogP contribution is -2.46. The van der Waals surface area contributed by atoms with Crippen molar-refractivity contribution >= 4 is 56.1 Å².